The molecule has 3 aromatic heterocycles. The third-order valence-corrected chi connectivity index (χ3v) is 7.25. The summed E-state index contributed by atoms with van der Waals surface area (Å²) in [6.07, 6.45) is 1.47. The van der Waals surface area contributed by atoms with Crippen molar-refractivity contribution in [3.8, 4) is 10.4 Å². The molecule has 1 aliphatic heterocycles. The van der Waals surface area contributed by atoms with Crippen LogP contribution in [0.1, 0.15) is 22.3 Å². The van der Waals surface area contributed by atoms with Gasteiger partial charge in [0.05, 0.1) is 18.9 Å². The number of benzene rings is 1. The lowest BCUT2D eigenvalue weighted by Crippen LogP contribution is -2.36. The summed E-state index contributed by atoms with van der Waals surface area (Å²) in [5.74, 6) is 1.58. The summed E-state index contributed by atoms with van der Waals surface area (Å²) in [4.78, 5) is 9.13. The van der Waals surface area contributed by atoms with Crippen molar-refractivity contribution in [2.45, 2.75) is 19.6 Å². The number of hydrogen-bond donors (Lipinski definition) is 3. The molecule has 9 heteroatoms. The number of nitrogens with two attached hydrogens (primary N) is 1. The topological polar surface area (TPSA) is 101 Å². The first-order chi connectivity index (χ1) is 16.6. The standard InChI is InChI=1S/C25H29N7OS/c1-16-20-15-28-23(32-9-11-33-12-10-32)13-19(20)25(31-30-16)29-24(26)22-8-7-21(34-22)18-6-4-3-5-17(18)14-27-2/h3-8,13,15,24,27H,9-12,14,26H2,1-2H3,(H,29,31)/t24-/m0/s1. The normalized spacial score (nSPS) is 15.0. The number of aryl methyl sites for hydroxylation is 1. The monoisotopic (exact) mass is 475 g/mol. The Labute approximate surface area is 203 Å². The first-order valence-corrected chi connectivity index (χ1v) is 12.3. The molecular weight excluding hydrogens is 446 g/mol. The van der Waals surface area contributed by atoms with Crippen LogP contribution < -0.4 is 21.3 Å². The Morgan fingerprint density at radius 1 is 1.12 bits per heavy atom. The molecule has 8 nitrogen and oxygen atoms in total. The summed E-state index contributed by atoms with van der Waals surface area (Å²) >= 11 is 1.69. The lowest BCUT2D eigenvalue weighted by atomic mass is 10.1. The Kier molecular flexibility index (Phi) is 6.68. The number of thiophene rings is 1. The Morgan fingerprint density at radius 2 is 1.94 bits per heavy atom. The molecule has 0 radical (unpaired) electrons. The highest BCUT2D eigenvalue weighted by Gasteiger charge is 2.18. The van der Waals surface area contributed by atoms with E-state index < -0.39 is 6.17 Å². The van der Waals surface area contributed by atoms with E-state index in [-0.39, 0.29) is 0 Å². The molecule has 1 aromatic carbocycles. The number of ether oxygens (including phenoxy) is 1. The average Bonchev–Trinajstić information content (AvgIpc) is 3.37. The third kappa shape index (κ3) is 4.60. The van der Waals surface area contributed by atoms with E-state index in [1.165, 1.54) is 16.0 Å². The third-order valence-electron chi connectivity index (χ3n) is 6.05. The van der Waals surface area contributed by atoms with Crippen LogP contribution in [0.5, 0.6) is 0 Å². The lowest BCUT2D eigenvalue weighted by Gasteiger charge is -2.28. The second kappa shape index (κ2) is 10.0. The minimum absolute atomic E-state index is 0.407. The maximum Gasteiger partial charge on any atom is 0.158 e. The summed E-state index contributed by atoms with van der Waals surface area (Å²) in [5.41, 5.74) is 9.93. The van der Waals surface area contributed by atoms with E-state index in [1.54, 1.807) is 11.3 Å². The maximum absolute atomic E-state index is 6.60. The van der Waals surface area contributed by atoms with Crippen LogP contribution in [0.2, 0.25) is 0 Å². The summed E-state index contributed by atoms with van der Waals surface area (Å²) in [5, 5.41) is 17.4. The van der Waals surface area contributed by atoms with Crippen LogP contribution in [0, 0.1) is 6.92 Å². The minimum Gasteiger partial charge on any atom is -0.378 e. The van der Waals surface area contributed by atoms with Crippen LogP contribution in [0.15, 0.2) is 48.7 Å². The quantitative estimate of drug-likeness (QED) is 0.348. The zero-order valence-electron chi connectivity index (χ0n) is 19.4. The zero-order valence-corrected chi connectivity index (χ0v) is 20.2. The van der Waals surface area contributed by atoms with Gasteiger partial charge in [0.2, 0.25) is 0 Å². The summed E-state index contributed by atoms with van der Waals surface area (Å²) in [6.45, 7) is 5.83. The van der Waals surface area contributed by atoms with Crippen molar-refractivity contribution >= 4 is 33.7 Å². The fraction of sp³-hybridized carbons (Fsp3) is 0.320. The molecule has 1 fully saturated rings. The fourth-order valence-electron chi connectivity index (χ4n) is 4.22. The number of fused-ring (bicyclic) bond motifs is 1. The van der Waals surface area contributed by atoms with Crippen molar-refractivity contribution in [3.63, 3.8) is 0 Å². The highest BCUT2D eigenvalue weighted by molar-refractivity contribution is 7.15. The summed E-state index contributed by atoms with van der Waals surface area (Å²) < 4.78 is 5.48. The highest BCUT2D eigenvalue weighted by Crippen LogP contribution is 2.34. The summed E-state index contributed by atoms with van der Waals surface area (Å²) in [7, 11) is 1.96. The van der Waals surface area contributed by atoms with E-state index in [0.717, 1.165) is 46.8 Å². The molecular formula is C25H29N7OS. The molecule has 0 spiro atoms. The van der Waals surface area contributed by atoms with E-state index in [9.17, 15) is 0 Å². The highest BCUT2D eigenvalue weighted by atomic mass is 32.1. The first-order valence-electron chi connectivity index (χ1n) is 11.4. The van der Waals surface area contributed by atoms with Crippen molar-refractivity contribution < 1.29 is 4.74 Å². The number of anilines is 2. The van der Waals surface area contributed by atoms with Gasteiger partial charge in [-0.15, -0.1) is 16.4 Å². The number of morpholine rings is 1. The maximum atomic E-state index is 6.60. The SMILES string of the molecule is CNCc1ccccc1-c1ccc([C@@H](N)Nc2nnc(C)c3cnc(N4CCOCC4)cc23)s1. The number of rotatable bonds is 7. The van der Waals surface area contributed by atoms with Crippen LogP contribution in [0.25, 0.3) is 21.2 Å². The second-order valence-electron chi connectivity index (χ2n) is 8.33. The molecule has 4 heterocycles. The molecule has 0 amide bonds. The molecule has 4 N–H and O–H groups in total. The van der Waals surface area contributed by atoms with Gasteiger partial charge in [-0.1, -0.05) is 24.3 Å². The van der Waals surface area contributed by atoms with Gasteiger partial charge in [0.1, 0.15) is 12.0 Å². The Hall–Kier alpha value is -3.11. The second-order valence-corrected chi connectivity index (χ2v) is 9.45. The molecule has 0 unspecified atom stereocenters. The van der Waals surface area contributed by atoms with Gasteiger partial charge in [-0.25, -0.2) is 4.98 Å². The van der Waals surface area contributed by atoms with Gasteiger partial charge in [0.15, 0.2) is 5.82 Å². The van der Waals surface area contributed by atoms with E-state index in [0.29, 0.717) is 19.0 Å². The number of pyridine rings is 1. The smallest absolute Gasteiger partial charge is 0.158 e. The number of hydrogen-bond acceptors (Lipinski definition) is 9. The molecule has 1 saturated heterocycles. The van der Waals surface area contributed by atoms with Crippen molar-refractivity contribution in [1.29, 1.82) is 0 Å². The zero-order chi connectivity index (χ0) is 23.5. The summed E-state index contributed by atoms with van der Waals surface area (Å²) in [6, 6.07) is 14.7. The lowest BCUT2D eigenvalue weighted by molar-refractivity contribution is 0.122. The van der Waals surface area contributed by atoms with Crippen LogP contribution in [-0.4, -0.2) is 48.5 Å². The molecule has 0 aliphatic carbocycles. The van der Waals surface area contributed by atoms with Gasteiger partial charge in [0, 0.05) is 46.4 Å². The van der Waals surface area contributed by atoms with Crippen molar-refractivity contribution in [2.75, 3.05) is 43.6 Å². The van der Waals surface area contributed by atoms with Gasteiger partial charge in [-0.05, 0) is 43.3 Å². The van der Waals surface area contributed by atoms with Gasteiger partial charge in [0.25, 0.3) is 0 Å². The Morgan fingerprint density at radius 3 is 2.76 bits per heavy atom. The average molecular weight is 476 g/mol. The van der Waals surface area contributed by atoms with E-state index >= 15 is 0 Å². The van der Waals surface area contributed by atoms with Crippen molar-refractivity contribution in [1.82, 2.24) is 20.5 Å². The fourth-order valence-corrected chi connectivity index (χ4v) is 5.24. The largest absolute Gasteiger partial charge is 0.378 e. The predicted octanol–water partition coefficient (Wildman–Crippen LogP) is 3.69. The van der Waals surface area contributed by atoms with E-state index in [2.05, 4.69) is 73.2 Å². The van der Waals surface area contributed by atoms with Crippen LogP contribution in [0.4, 0.5) is 11.6 Å². The molecule has 34 heavy (non-hydrogen) atoms. The predicted molar refractivity (Wildman–Crippen MR) is 138 cm³/mol. The molecule has 176 valence electrons. The molecule has 4 aromatic rings. The van der Waals surface area contributed by atoms with Crippen LogP contribution >= 0.6 is 11.3 Å². The Balaban J connectivity index is 1.43. The van der Waals surface area contributed by atoms with Crippen LogP contribution in [-0.2, 0) is 11.3 Å². The molecule has 0 saturated carbocycles. The van der Waals surface area contributed by atoms with Gasteiger partial charge in [-0.3, -0.25) is 0 Å². The molecule has 1 atom stereocenters. The van der Waals surface area contributed by atoms with Crippen LogP contribution in [0.3, 0.4) is 0 Å². The number of nitrogens with zero attached hydrogens (tertiary/aromatic N) is 4. The number of aromatic nitrogens is 3. The molecule has 5 rings (SSSR count). The van der Waals surface area contributed by atoms with E-state index in [4.69, 9.17) is 10.5 Å². The first kappa shape index (κ1) is 22.7. The van der Waals surface area contributed by atoms with Gasteiger partial charge < -0.3 is 26.0 Å². The molecule has 0 bridgehead atoms. The molecule has 1 aliphatic rings. The van der Waals surface area contributed by atoms with Crippen molar-refractivity contribution in [2.24, 2.45) is 5.73 Å². The minimum atomic E-state index is -0.407. The van der Waals surface area contributed by atoms with Gasteiger partial charge >= 0.3 is 0 Å². The van der Waals surface area contributed by atoms with E-state index in [1.807, 2.05) is 20.2 Å². The van der Waals surface area contributed by atoms with Crippen molar-refractivity contribution in [3.05, 3.63) is 64.8 Å². The number of nitrogens with one attached hydrogen (secondary N) is 2. The Bertz CT molecular complexity index is 1290. The van der Waals surface area contributed by atoms with Gasteiger partial charge in [-0.2, -0.15) is 5.10 Å².